The van der Waals surface area contributed by atoms with Crippen molar-refractivity contribution in [3.8, 4) is 0 Å². The molecule has 0 aliphatic carbocycles. The Bertz CT molecular complexity index is 644. The second kappa shape index (κ2) is 7.10. The SMILES string of the molecule is [N-]=[N+]=NC[C@H]1CC(c2ccc(N3CCSCC3)c(F)c2)C(=O)O1. The maximum atomic E-state index is 14.4. The average Bonchev–Trinajstić information content (AvgIpc) is 2.94. The molecule has 1 aromatic rings. The fourth-order valence-electron chi connectivity index (χ4n) is 2.97. The van der Waals surface area contributed by atoms with Crippen molar-refractivity contribution in [3.05, 3.63) is 40.0 Å². The molecule has 0 bridgehead atoms. The number of benzene rings is 1. The Morgan fingerprint density at radius 2 is 2.22 bits per heavy atom. The molecule has 0 amide bonds. The van der Waals surface area contributed by atoms with Gasteiger partial charge in [0.2, 0.25) is 0 Å². The molecular formula is C15H17FN4O2S. The number of halogens is 1. The minimum Gasteiger partial charge on any atom is -0.462 e. The lowest BCUT2D eigenvalue weighted by atomic mass is 9.95. The lowest BCUT2D eigenvalue weighted by molar-refractivity contribution is -0.142. The molecule has 3 rings (SSSR count). The molecule has 2 saturated heterocycles. The quantitative estimate of drug-likeness (QED) is 0.366. The van der Waals surface area contributed by atoms with E-state index in [1.165, 1.54) is 6.07 Å². The third kappa shape index (κ3) is 3.54. The van der Waals surface area contributed by atoms with Crippen molar-refractivity contribution in [3.63, 3.8) is 0 Å². The van der Waals surface area contributed by atoms with Gasteiger partial charge < -0.3 is 9.64 Å². The summed E-state index contributed by atoms with van der Waals surface area (Å²) in [4.78, 5) is 16.7. The van der Waals surface area contributed by atoms with E-state index in [9.17, 15) is 9.18 Å². The van der Waals surface area contributed by atoms with Crippen LogP contribution in [0.4, 0.5) is 10.1 Å². The monoisotopic (exact) mass is 336 g/mol. The summed E-state index contributed by atoms with van der Waals surface area (Å²) in [7, 11) is 0. The molecule has 0 N–H and O–H groups in total. The van der Waals surface area contributed by atoms with Crippen LogP contribution < -0.4 is 4.90 Å². The number of esters is 1. The number of carbonyl (C=O) groups is 1. The molecule has 0 radical (unpaired) electrons. The minimum atomic E-state index is -0.491. The fraction of sp³-hybridized carbons (Fsp3) is 0.533. The van der Waals surface area contributed by atoms with Gasteiger partial charge in [-0.25, -0.2) is 4.39 Å². The van der Waals surface area contributed by atoms with Gasteiger partial charge in [-0.1, -0.05) is 11.2 Å². The van der Waals surface area contributed by atoms with E-state index in [0.29, 0.717) is 17.7 Å². The summed E-state index contributed by atoms with van der Waals surface area (Å²) in [5, 5.41) is 3.43. The normalized spacial score (nSPS) is 24.2. The third-order valence-corrected chi connectivity index (χ3v) is 5.08. The molecule has 2 atom stereocenters. The summed E-state index contributed by atoms with van der Waals surface area (Å²) < 4.78 is 19.6. The summed E-state index contributed by atoms with van der Waals surface area (Å²) in [5.41, 5.74) is 9.53. The molecule has 8 heteroatoms. The molecule has 6 nitrogen and oxygen atoms in total. The van der Waals surface area contributed by atoms with Crippen LogP contribution in [0.5, 0.6) is 0 Å². The second-order valence-corrected chi connectivity index (χ2v) is 6.80. The van der Waals surface area contributed by atoms with Crippen LogP contribution in [0.25, 0.3) is 10.4 Å². The number of cyclic esters (lactones) is 1. The second-order valence-electron chi connectivity index (χ2n) is 5.57. The van der Waals surface area contributed by atoms with Gasteiger partial charge in [0.05, 0.1) is 18.2 Å². The van der Waals surface area contributed by atoms with E-state index in [4.69, 9.17) is 10.3 Å². The van der Waals surface area contributed by atoms with Crippen LogP contribution in [0.3, 0.4) is 0 Å². The molecule has 2 aliphatic rings. The zero-order valence-corrected chi connectivity index (χ0v) is 13.3. The lowest BCUT2D eigenvalue weighted by Gasteiger charge is -2.29. The highest BCUT2D eigenvalue weighted by molar-refractivity contribution is 7.99. The predicted molar refractivity (Wildman–Crippen MR) is 87.2 cm³/mol. The fourth-order valence-corrected chi connectivity index (χ4v) is 3.87. The van der Waals surface area contributed by atoms with Crippen LogP contribution >= 0.6 is 11.8 Å². The van der Waals surface area contributed by atoms with Crippen molar-refractivity contribution in [2.45, 2.75) is 18.4 Å². The number of anilines is 1. The summed E-state index contributed by atoms with van der Waals surface area (Å²) in [6.07, 6.45) is -0.0120. The van der Waals surface area contributed by atoms with Gasteiger partial charge >= 0.3 is 5.97 Å². The Morgan fingerprint density at radius 1 is 1.43 bits per heavy atom. The lowest BCUT2D eigenvalue weighted by Crippen LogP contribution is -2.33. The van der Waals surface area contributed by atoms with E-state index in [-0.39, 0.29) is 18.3 Å². The van der Waals surface area contributed by atoms with Crippen molar-refractivity contribution < 1.29 is 13.9 Å². The van der Waals surface area contributed by atoms with Gasteiger partial charge in [-0.2, -0.15) is 11.8 Å². The van der Waals surface area contributed by atoms with Gasteiger partial charge in [-0.05, 0) is 23.2 Å². The zero-order valence-electron chi connectivity index (χ0n) is 12.5. The third-order valence-electron chi connectivity index (χ3n) is 4.14. The Kier molecular flexibility index (Phi) is 4.93. The van der Waals surface area contributed by atoms with Crippen LogP contribution in [-0.4, -0.2) is 43.2 Å². The molecule has 2 heterocycles. The Morgan fingerprint density at radius 3 is 2.91 bits per heavy atom. The predicted octanol–water partition coefficient (Wildman–Crippen LogP) is 3.09. The van der Waals surface area contributed by atoms with Crippen molar-refractivity contribution >= 4 is 23.4 Å². The average molecular weight is 336 g/mol. The molecule has 2 fully saturated rings. The molecule has 122 valence electrons. The van der Waals surface area contributed by atoms with E-state index in [0.717, 1.165) is 24.6 Å². The smallest absolute Gasteiger partial charge is 0.313 e. The first kappa shape index (κ1) is 16.0. The number of ether oxygens (including phenoxy) is 1. The maximum absolute atomic E-state index is 14.4. The van der Waals surface area contributed by atoms with E-state index in [2.05, 4.69) is 10.0 Å². The Balaban J connectivity index is 1.74. The molecule has 0 saturated carbocycles. The van der Waals surface area contributed by atoms with Crippen LogP contribution in [0.1, 0.15) is 17.9 Å². The molecule has 0 aromatic heterocycles. The van der Waals surface area contributed by atoms with Gasteiger partial charge in [0.25, 0.3) is 0 Å². The number of thioether (sulfide) groups is 1. The summed E-state index contributed by atoms with van der Waals surface area (Å²) in [5.74, 6) is 0.814. The number of rotatable bonds is 4. The summed E-state index contributed by atoms with van der Waals surface area (Å²) in [6, 6.07) is 4.97. The van der Waals surface area contributed by atoms with Crippen LogP contribution in [-0.2, 0) is 9.53 Å². The first-order valence-electron chi connectivity index (χ1n) is 7.52. The highest BCUT2D eigenvalue weighted by Crippen LogP contribution is 2.33. The standard InChI is InChI=1S/C15H17FN4O2S/c16-13-7-10(1-2-14(13)20-3-5-23-6-4-20)12-8-11(9-18-19-17)22-15(12)21/h1-2,7,11-12H,3-6,8-9H2/t11-,12?/m1/s1. The van der Waals surface area contributed by atoms with E-state index in [1.807, 2.05) is 16.7 Å². The number of nitrogens with zero attached hydrogens (tertiary/aromatic N) is 4. The van der Waals surface area contributed by atoms with E-state index < -0.39 is 12.0 Å². The van der Waals surface area contributed by atoms with Crippen LogP contribution in [0.15, 0.2) is 23.3 Å². The van der Waals surface area contributed by atoms with Gasteiger partial charge in [0.1, 0.15) is 11.9 Å². The van der Waals surface area contributed by atoms with Crippen molar-refractivity contribution in [2.75, 3.05) is 36.0 Å². The molecule has 23 heavy (non-hydrogen) atoms. The summed E-state index contributed by atoms with van der Waals surface area (Å²) >= 11 is 1.87. The van der Waals surface area contributed by atoms with E-state index in [1.54, 1.807) is 12.1 Å². The molecule has 1 aromatic carbocycles. The summed E-state index contributed by atoms with van der Waals surface area (Å²) in [6.45, 7) is 1.78. The molecule has 2 aliphatic heterocycles. The van der Waals surface area contributed by atoms with Gasteiger partial charge in [0, 0.05) is 35.9 Å². The first-order chi connectivity index (χ1) is 11.2. The van der Waals surface area contributed by atoms with Gasteiger partial charge in [-0.3, -0.25) is 4.79 Å². The zero-order chi connectivity index (χ0) is 16.2. The first-order valence-corrected chi connectivity index (χ1v) is 8.68. The van der Waals surface area contributed by atoms with Gasteiger partial charge in [0.15, 0.2) is 0 Å². The van der Waals surface area contributed by atoms with E-state index >= 15 is 0 Å². The molecule has 1 unspecified atom stereocenters. The van der Waals surface area contributed by atoms with Crippen molar-refractivity contribution in [1.29, 1.82) is 0 Å². The van der Waals surface area contributed by atoms with Crippen molar-refractivity contribution in [1.82, 2.24) is 0 Å². The highest BCUT2D eigenvalue weighted by atomic mass is 32.2. The maximum Gasteiger partial charge on any atom is 0.313 e. The van der Waals surface area contributed by atoms with Crippen molar-refractivity contribution in [2.24, 2.45) is 5.11 Å². The van der Waals surface area contributed by atoms with Gasteiger partial charge in [-0.15, -0.1) is 0 Å². The number of hydrogen-bond donors (Lipinski definition) is 0. The Hall–Kier alpha value is -1.92. The topological polar surface area (TPSA) is 78.3 Å². The minimum absolute atomic E-state index is 0.116. The molecular weight excluding hydrogens is 319 g/mol. The highest BCUT2D eigenvalue weighted by Gasteiger charge is 2.35. The largest absolute Gasteiger partial charge is 0.462 e. The number of azide groups is 1. The van der Waals surface area contributed by atoms with Crippen LogP contribution in [0.2, 0.25) is 0 Å². The molecule has 0 spiro atoms. The number of carbonyl (C=O) groups excluding carboxylic acids is 1. The van der Waals surface area contributed by atoms with Crippen LogP contribution in [0, 0.1) is 5.82 Å². The Labute approximate surface area is 137 Å². The number of hydrogen-bond acceptors (Lipinski definition) is 5.